The third-order valence-corrected chi connectivity index (χ3v) is 7.06. The molecule has 1 aromatic carbocycles. The van der Waals surface area contributed by atoms with Crippen molar-refractivity contribution in [2.45, 2.75) is 74.3 Å². The van der Waals surface area contributed by atoms with Crippen LogP contribution in [0, 0.1) is 0 Å². The van der Waals surface area contributed by atoms with Crippen LogP contribution in [0.4, 0.5) is 0 Å². The molecule has 2 aliphatic rings. The molecule has 1 aliphatic carbocycles. The second-order valence-electron chi connectivity index (χ2n) is 9.71. The number of aliphatic hydroxyl groups excluding tert-OH is 3. The number of carboxylic acid groups (broad SMARTS) is 1. The van der Waals surface area contributed by atoms with Crippen molar-refractivity contribution < 1.29 is 44.3 Å². The summed E-state index contributed by atoms with van der Waals surface area (Å²) in [6.07, 6.45) is -3.51. The van der Waals surface area contributed by atoms with E-state index in [4.69, 9.17) is 9.47 Å². The van der Waals surface area contributed by atoms with E-state index in [9.17, 15) is 30.3 Å². The molecule has 3 rings (SSSR count). The van der Waals surface area contributed by atoms with Crippen LogP contribution >= 0.6 is 0 Å². The predicted octanol–water partition coefficient (Wildman–Crippen LogP) is 0.443. The number of hydrogen-bond donors (Lipinski definition) is 5. The van der Waals surface area contributed by atoms with Gasteiger partial charge in [0.2, 0.25) is 6.23 Å². The molecule has 180 valence electrons. The van der Waals surface area contributed by atoms with Gasteiger partial charge in [0.15, 0.2) is 12.2 Å². The van der Waals surface area contributed by atoms with Gasteiger partial charge < -0.3 is 39.5 Å². The van der Waals surface area contributed by atoms with Crippen molar-refractivity contribution in [1.82, 2.24) is 0 Å². The third kappa shape index (κ3) is 4.93. The molecule has 6 atom stereocenters. The van der Waals surface area contributed by atoms with Crippen LogP contribution in [0.5, 0.6) is 5.75 Å². The Morgan fingerprint density at radius 1 is 1.09 bits per heavy atom. The number of nitrogens with zero attached hydrogens (tertiary/aromatic N) is 1. The average molecular weight is 455 g/mol. The van der Waals surface area contributed by atoms with E-state index in [0.717, 1.165) is 24.8 Å². The molecule has 32 heavy (non-hydrogen) atoms. The summed E-state index contributed by atoms with van der Waals surface area (Å²) in [5.74, 6) is -1.04. The number of methoxy groups -OCH3 is 1. The first kappa shape index (κ1) is 24.9. The zero-order chi connectivity index (χ0) is 23.7. The van der Waals surface area contributed by atoms with Gasteiger partial charge in [-0.25, -0.2) is 4.79 Å². The molecular weight excluding hydrogens is 418 g/mol. The van der Waals surface area contributed by atoms with Gasteiger partial charge in [0.25, 0.3) is 0 Å². The van der Waals surface area contributed by atoms with Crippen LogP contribution in [0.25, 0.3) is 0 Å². The Balaban J connectivity index is 1.93. The number of aliphatic hydroxyl groups is 4. The molecule has 1 aliphatic heterocycles. The van der Waals surface area contributed by atoms with E-state index in [1.807, 2.05) is 24.3 Å². The molecular formula is C23H36NO8+. The van der Waals surface area contributed by atoms with E-state index in [0.29, 0.717) is 25.1 Å². The van der Waals surface area contributed by atoms with Gasteiger partial charge in [0, 0.05) is 0 Å². The molecule has 0 amide bonds. The van der Waals surface area contributed by atoms with Crippen LogP contribution in [0.15, 0.2) is 24.3 Å². The lowest BCUT2D eigenvalue weighted by Gasteiger charge is -2.49. The maximum absolute atomic E-state index is 11.6. The van der Waals surface area contributed by atoms with Gasteiger partial charge in [-0.3, -0.25) is 0 Å². The van der Waals surface area contributed by atoms with Crippen molar-refractivity contribution in [1.29, 1.82) is 0 Å². The highest BCUT2D eigenvalue weighted by atomic mass is 16.6. The lowest BCUT2D eigenvalue weighted by Crippen LogP contribution is -2.69. The monoisotopic (exact) mass is 454 g/mol. The largest absolute Gasteiger partial charge is 0.497 e. The third-order valence-electron chi connectivity index (χ3n) is 7.06. The van der Waals surface area contributed by atoms with Crippen LogP contribution in [-0.2, 0) is 9.53 Å². The fraction of sp³-hybridized carbons (Fsp3) is 0.696. The van der Waals surface area contributed by atoms with Crippen LogP contribution in [-0.4, -0.2) is 100.0 Å². The maximum atomic E-state index is 11.6. The quantitative estimate of drug-likeness (QED) is 0.375. The Morgan fingerprint density at radius 2 is 1.69 bits per heavy atom. The minimum absolute atomic E-state index is 0.0201. The van der Waals surface area contributed by atoms with Crippen LogP contribution in [0.3, 0.4) is 0 Å². The first-order valence-corrected chi connectivity index (χ1v) is 11.1. The number of ether oxygens (including phenoxy) is 2. The Bertz CT molecular complexity index is 777. The summed E-state index contributed by atoms with van der Waals surface area (Å²) in [5.41, 5.74) is -0.0613. The summed E-state index contributed by atoms with van der Waals surface area (Å²) in [5, 5.41) is 52.0. The molecule has 5 N–H and O–H groups in total. The average Bonchev–Trinajstić information content (AvgIpc) is 2.76. The standard InChI is InChI=1S/C23H35NO8/c1-24(2,21-19(27)17(25)18(26)20(32-21)22(28)29)13-16(23(30)11-5-4-6-12-23)14-7-9-15(31-3)10-8-14/h7-10,16-21,25-27,30H,4-6,11-13H2,1-3H3/p+1. The Hall–Kier alpha value is -1.75. The lowest BCUT2D eigenvalue weighted by atomic mass is 9.72. The number of carboxylic acids is 1. The van der Waals surface area contributed by atoms with E-state index in [1.54, 1.807) is 21.2 Å². The molecule has 1 aromatic rings. The fourth-order valence-corrected chi connectivity index (χ4v) is 5.15. The van der Waals surface area contributed by atoms with E-state index in [-0.39, 0.29) is 10.4 Å². The number of hydrogen-bond acceptors (Lipinski definition) is 7. The van der Waals surface area contributed by atoms with Crippen molar-refractivity contribution in [2.24, 2.45) is 0 Å². The Morgan fingerprint density at radius 3 is 2.22 bits per heavy atom. The molecule has 0 aromatic heterocycles. The normalized spacial score (nSPS) is 31.7. The van der Waals surface area contributed by atoms with E-state index in [1.165, 1.54) is 0 Å². The van der Waals surface area contributed by atoms with Crippen LogP contribution < -0.4 is 4.74 Å². The summed E-state index contributed by atoms with van der Waals surface area (Å²) in [4.78, 5) is 11.6. The number of aliphatic carboxylic acids is 1. The smallest absolute Gasteiger partial charge is 0.335 e. The molecule has 1 saturated heterocycles. The number of benzene rings is 1. The van der Waals surface area contributed by atoms with Gasteiger partial charge in [0.05, 0.1) is 39.3 Å². The van der Waals surface area contributed by atoms with Crippen molar-refractivity contribution in [3.8, 4) is 5.75 Å². The highest BCUT2D eigenvalue weighted by Gasteiger charge is 2.54. The zero-order valence-corrected chi connectivity index (χ0v) is 18.9. The van der Waals surface area contributed by atoms with Gasteiger partial charge in [-0.2, -0.15) is 0 Å². The number of likely N-dealkylation sites (N-methyl/N-ethyl adjacent to an activating group) is 1. The Kier molecular flexibility index (Phi) is 7.48. The zero-order valence-electron chi connectivity index (χ0n) is 18.9. The highest BCUT2D eigenvalue weighted by molar-refractivity contribution is 5.73. The molecule has 1 heterocycles. The summed E-state index contributed by atoms with van der Waals surface area (Å²) < 4.78 is 10.9. The molecule has 2 fully saturated rings. The summed E-state index contributed by atoms with van der Waals surface area (Å²) in [6.45, 7) is 0.319. The van der Waals surface area contributed by atoms with Crippen molar-refractivity contribution >= 4 is 5.97 Å². The van der Waals surface area contributed by atoms with Gasteiger partial charge in [0.1, 0.15) is 18.0 Å². The van der Waals surface area contributed by atoms with Gasteiger partial charge >= 0.3 is 5.97 Å². The number of rotatable bonds is 7. The van der Waals surface area contributed by atoms with Crippen molar-refractivity contribution in [3.05, 3.63) is 29.8 Å². The summed E-state index contributed by atoms with van der Waals surface area (Å²) >= 11 is 0. The highest BCUT2D eigenvalue weighted by Crippen LogP contribution is 2.42. The second-order valence-corrected chi connectivity index (χ2v) is 9.71. The predicted molar refractivity (Wildman–Crippen MR) is 115 cm³/mol. The summed E-state index contributed by atoms with van der Waals surface area (Å²) in [6, 6.07) is 7.49. The number of carbonyl (C=O) groups is 1. The van der Waals surface area contributed by atoms with Gasteiger partial charge in [-0.05, 0) is 30.5 Å². The van der Waals surface area contributed by atoms with E-state index >= 15 is 0 Å². The minimum Gasteiger partial charge on any atom is -0.497 e. The van der Waals surface area contributed by atoms with E-state index in [2.05, 4.69) is 0 Å². The molecule has 6 unspecified atom stereocenters. The molecule has 9 heteroatoms. The molecule has 1 saturated carbocycles. The first-order valence-electron chi connectivity index (χ1n) is 11.1. The van der Waals surface area contributed by atoms with Crippen LogP contribution in [0.1, 0.15) is 43.6 Å². The fourth-order valence-electron chi connectivity index (χ4n) is 5.15. The SMILES string of the molecule is COc1ccc(C(C[N+](C)(C)C2OC(C(=O)O)C(O)C(O)C2O)C2(O)CCCCC2)cc1. The molecule has 0 spiro atoms. The topological polar surface area (TPSA) is 137 Å². The molecule has 0 bridgehead atoms. The second kappa shape index (κ2) is 9.62. The van der Waals surface area contributed by atoms with Crippen molar-refractivity contribution in [3.63, 3.8) is 0 Å². The maximum Gasteiger partial charge on any atom is 0.335 e. The van der Waals surface area contributed by atoms with Gasteiger partial charge in [-0.1, -0.05) is 31.4 Å². The van der Waals surface area contributed by atoms with Crippen LogP contribution in [0.2, 0.25) is 0 Å². The number of quaternary nitrogens is 1. The van der Waals surface area contributed by atoms with Gasteiger partial charge in [-0.15, -0.1) is 0 Å². The lowest BCUT2D eigenvalue weighted by molar-refractivity contribution is -0.946. The van der Waals surface area contributed by atoms with E-state index < -0.39 is 42.2 Å². The minimum atomic E-state index is -1.74. The van der Waals surface area contributed by atoms with Crippen molar-refractivity contribution in [2.75, 3.05) is 27.7 Å². The first-order chi connectivity index (χ1) is 15.0. The summed E-state index contributed by atoms with van der Waals surface area (Å²) in [7, 11) is 5.11. The molecule has 0 radical (unpaired) electrons. The Labute approximate surface area is 188 Å². The molecule has 9 nitrogen and oxygen atoms in total.